The summed E-state index contributed by atoms with van der Waals surface area (Å²) in [6.45, 7) is 1.68. The Bertz CT molecular complexity index is 793. The molecule has 186 valence electrons. The molecule has 0 saturated heterocycles. The van der Waals surface area contributed by atoms with Crippen molar-refractivity contribution in [3.63, 3.8) is 0 Å². The van der Waals surface area contributed by atoms with Gasteiger partial charge in [0.25, 0.3) is 16.0 Å². The molecule has 0 aromatic heterocycles. The van der Waals surface area contributed by atoms with E-state index in [-0.39, 0.29) is 12.8 Å². The molecular weight excluding hydrogens is 467 g/mol. The number of ether oxygens (including phenoxy) is 2. The molecule has 0 bridgehead atoms. The molecule has 0 spiro atoms. The zero-order valence-corrected chi connectivity index (χ0v) is 18.4. The molecule has 6 unspecified atom stereocenters. The average molecular weight is 494 g/mol. The molecule has 32 heavy (non-hydrogen) atoms. The maximum atomic E-state index is 13.4. The first-order chi connectivity index (χ1) is 14.5. The molecule has 0 heterocycles. The number of fused-ring (bicyclic) bond motifs is 1. The summed E-state index contributed by atoms with van der Waals surface area (Å²) in [5.41, 5.74) is 0. The minimum absolute atomic E-state index is 0.0346. The highest BCUT2D eigenvalue weighted by Gasteiger charge is 2.51. The lowest BCUT2D eigenvalue weighted by Crippen LogP contribution is -2.47. The molecule has 0 radical (unpaired) electrons. The lowest BCUT2D eigenvalue weighted by Gasteiger charge is -2.44. The van der Waals surface area contributed by atoms with Gasteiger partial charge in [-0.1, -0.05) is 12.8 Å². The average Bonchev–Trinajstić information content (AvgIpc) is 2.63. The molecule has 0 aliphatic heterocycles. The van der Waals surface area contributed by atoms with E-state index in [4.69, 9.17) is 9.29 Å². The van der Waals surface area contributed by atoms with Crippen LogP contribution in [0.25, 0.3) is 0 Å². The lowest BCUT2D eigenvalue weighted by molar-refractivity contribution is -0.220. The summed E-state index contributed by atoms with van der Waals surface area (Å²) in [5.74, 6) is -9.92. The molecule has 2 saturated carbocycles. The van der Waals surface area contributed by atoms with Crippen LogP contribution in [0, 0.1) is 23.7 Å². The Kier molecular flexibility index (Phi) is 8.17. The smallest absolute Gasteiger partial charge is 0.426 e. The molecule has 0 aromatic carbocycles. The van der Waals surface area contributed by atoms with Crippen LogP contribution in [0.15, 0.2) is 0 Å². The number of hydrogen-bond donors (Lipinski definition) is 1. The Balaban J connectivity index is 2.15. The van der Waals surface area contributed by atoms with Crippen molar-refractivity contribution in [2.24, 2.45) is 23.7 Å². The third-order valence-electron chi connectivity index (χ3n) is 6.29. The topological polar surface area (TPSA) is 107 Å². The molecule has 6 atom stereocenters. The largest absolute Gasteiger partial charge is 0.456 e. The fourth-order valence-corrected chi connectivity index (χ4v) is 5.18. The molecule has 2 aliphatic carbocycles. The third kappa shape index (κ3) is 7.00. The van der Waals surface area contributed by atoms with Crippen LogP contribution in [-0.4, -0.2) is 55.0 Å². The Morgan fingerprint density at radius 2 is 1.38 bits per heavy atom. The maximum Gasteiger partial charge on any atom is 0.426 e. The molecule has 0 amide bonds. The fourth-order valence-electron chi connectivity index (χ4n) is 4.54. The van der Waals surface area contributed by atoms with Gasteiger partial charge in [0.2, 0.25) is 6.10 Å². The van der Waals surface area contributed by atoms with E-state index in [2.05, 4.69) is 4.74 Å². The zero-order chi connectivity index (χ0) is 24.5. The Labute approximate surface area is 182 Å². The van der Waals surface area contributed by atoms with Crippen molar-refractivity contribution < 1.29 is 54.0 Å². The van der Waals surface area contributed by atoms with Crippen LogP contribution in [0.4, 0.5) is 22.0 Å². The first-order valence-electron chi connectivity index (χ1n) is 10.3. The maximum absolute atomic E-state index is 13.4. The van der Waals surface area contributed by atoms with E-state index in [0.29, 0.717) is 32.6 Å². The van der Waals surface area contributed by atoms with E-state index in [1.165, 1.54) is 0 Å². The predicted molar refractivity (Wildman–Crippen MR) is 100 cm³/mol. The van der Waals surface area contributed by atoms with E-state index in [9.17, 15) is 40.0 Å². The standard InChI is InChI=1S/C19H27F5O7S/c1-10(18(2,20)21)30-16(25)13-7-8-14(12-6-4-3-5-11(12)13)17(26)31-15(19(22,23)24)9-32(27,28)29/h10-15H,3-9H2,1-2H3,(H,27,28,29). The Morgan fingerprint density at radius 1 is 0.938 bits per heavy atom. The van der Waals surface area contributed by atoms with E-state index in [0.717, 1.165) is 6.92 Å². The van der Waals surface area contributed by atoms with Crippen LogP contribution >= 0.6 is 0 Å². The first-order valence-corrected chi connectivity index (χ1v) is 11.9. The molecule has 1 N–H and O–H groups in total. The van der Waals surface area contributed by atoms with Crippen molar-refractivity contribution in [3.05, 3.63) is 0 Å². The van der Waals surface area contributed by atoms with Crippen molar-refractivity contribution in [1.82, 2.24) is 0 Å². The second-order valence-electron chi connectivity index (χ2n) is 8.65. The molecular formula is C19H27F5O7S. The minimum atomic E-state index is -5.21. The van der Waals surface area contributed by atoms with Crippen LogP contribution in [0.5, 0.6) is 0 Å². The highest BCUT2D eigenvalue weighted by atomic mass is 32.2. The molecule has 0 aromatic rings. The second kappa shape index (κ2) is 9.78. The minimum Gasteiger partial charge on any atom is -0.456 e. The van der Waals surface area contributed by atoms with Crippen molar-refractivity contribution in [2.45, 2.75) is 76.7 Å². The zero-order valence-electron chi connectivity index (χ0n) is 17.6. The molecule has 7 nitrogen and oxygen atoms in total. The lowest BCUT2D eigenvalue weighted by atomic mass is 9.61. The predicted octanol–water partition coefficient (Wildman–Crippen LogP) is 3.77. The molecule has 2 rings (SSSR count). The third-order valence-corrected chi connectivity index (χ3v) is 7.02. The summed E-state index contributed by atoms with van der Waals surface area (Å²) in [7, 11) is -5.07. The normalized spacial score (nSPS) is 28.9. The van der Waals surface area contributed by atoms with Gasteiger partial charge in [0.05, 0.1) is 11.8 Å². The van der Waals surface area contributed by atoms with Crippen molar-refractivity contribution in [2.75, 3.05) is 5.75 Å². The molecule has 2 fully saturated rings. The van der Waals surface area contributed by atoms with Gasteiger partial charge in [-0.25, -0.2) is 8.78 Å². The van der Waals surface area contributed by atoms with Gasteiger partial charge >= 0.3 is 18.1 Å². The first kappa shape index (κ1) is 26.7. The van der Waals surface area contributed by atoms with Crippen LogP contribution in [-0.2, 0) is 29.2 Å². The van der Waals surface area contributed by atoms with Crippen molar-refractivity contribution >= 4 is 22.1 Å². The summed E-state index contributed by atoms with van der Waals surface area (Å²) in [5, 5.41) is 0. The Morgan fingerprint density at radius 3 is 1.75 bits per heavy atom. The number of alkyl halides is 5. The SMILES string of the molecule is CC(OC(=O)C1CCC(C(=O)OC(CS(=O)(=O)O)C(F)(F)F)C2CCCCC12)C(C)(F)F. The van der Waals surface area contributed by atoms with Gasteiger partial charge in [-0.15, -0.1) is 0 Å². The molecule has 2 aliphatic rings. The van der Waals surface area contributed by atoms with Gasteiger partial charge < -0.3 is 9.47 Å². The van der Waals surface area contributed by atoms with Gasteiger partial charge in [-0.3, -0.25) is 14.1 Å². The number of rotatable bonds is 7. The van der Waals surface area contributed by atoms with E-state index in [1.807, 2.05) is 0 Å². The van der Waals surface area contributed by atoms with E-state index in [1.54, 1.807) is 0 Å². The van der Waals surface area contributed by atoms with Gasteiger partial charge in [0, 0.05) is 6.92 Å². The number of hydrogen-bond acceptors (Lipinski definition) is 6. The van der Waals surface area contributed by atoms with Crippen LogP contribution in [0.3, 0.4) is 0 Å². The summed E-state index contributed by atoms with van der Waals surface area (Å²) >= 11 is 0. The Hall–Kier alpha value is -1.50. The monoisotopic (exact) mass is 494 g/mol. The van der Waals surface area contributed by atoms with E-state index >= 15 is 0 Å². The second-order valence-corrected chi connectivity index (χ2v) is 10.2. The number of carbonyl (C=O) groups excluding carboxylic acids is 2. The van der Waals surface area contributed by atoms with Gasteiger partial charge in [-0.2, -0.15) is 21.6 Å². The van der Waals surface area contributed by atoms with Crippen LogP contribution in [0.2, 0.25) is 0 Å². The molecule has 13 heteroatoms. The van der Waals surface area contributed by atoms with E-state index < -0.39 is 75.8 Å². The number of carbonyl (C=O) groups is 2. The van der Waals surface area contributed by atoms with Crippen molar-refractivity contribution in [3.8, 4) is 0 Å². The van der Waals surface area contributed by atoms with Gasteiger partial charge in [0.15, 0.2) is 6.10 Å². The highest BCUT2D eigenvalue weighted by Crippen LogP contribution is 2.48. The van der Waals surface area contributed by atoms with Crippen LogP contribution in [0.1, 0.15) is 52.4 Å². The fraction of sp³-hybridized carbons (Fsp3) is 0.895. The summed E-state index contributed by atoms with van der Waals surface area (Å²) in [6, 6.07) is 0. The van der Waals surface area contributed by atoms with Gasteiger partial charge in [-0.05, 0) is 44.4 Å². The van der Waals surface area contributed by atoms with Gasteiger partial charge in [0.1, 0.15) is 5.75 Å². The summed E-state index contributed by atoms with van der Waals surface area (Å²) < 4.78 is 106. The quantitative estimate of drug-likeness (QED) is 0.326. The number of halogens is 5. The van der Waals surface area contributed by atoms with Crippen LogP contribution < -0.4 is 0 Å². The summed E-state index contributed by atoms with van der Waals surface area (Å²) in [6.07, 6.45) is -7.65. The summed E-state index contributed by atoms with van der Waals surface area (Å²) in [4.78, 5) is 25.1. The highest BCUT2D eigenvalue weighted by molar-refractivity contribution is 7.85. The van der Waals surface area contributed by atoms with Crippen molar-refractivity contribution in [1.29, 1.82) is 0 Å². The number of esters is 2.